The molecule has 1 aromatic heterocycles. The molecule has 0 radical (unpaired) electrons. The van der Waals surface area contributed by atoms with Crippen molar-refractivity contribution in [1.82, 2.24) is 25.0 Å². The molecule has 3 fully saturated rings. The molecule has 228 valence electrons. The zero-order valence-electron chi connectivity index (χ0n) is 24.6. The number of ether oxygens (including phenoxy) is 1. The molecule has 3 aromatic rings. The van der Waals surface area contributed by atoms with E-state index in [0.717, 1.165) is 62.7 Å². The van der Waals surface area contributed by atoms with Gasteiger partial charge in [0.25, 0.3) is 0 Å². The van der Waals surface area contributed by atoms with Crippen LogP contribution >= 0.6 is 0 Å². The monoisotopic (exact) mass is 587 g/mol. The Hall–Kier alpha value is -3.76. The van der Waals surface area contributed by atoms with Gasteiger partial charge in [-0.3, -0.25) is 4.79 Å². The topological polar surface area (TPSA) is 112 Å². The minimum atomic E-state index is -1.09. The van der Waals surface area contributed by atoms with Crippen LogP contribution < -0.4 is 0 Å². The van der Waals surface area contributed by atoms with E-state index in [1.165, 1.54) is 0 Å². The van der Waals surface area contributed by atoms with Gasteiger partial charge in [0.15, 0.2) is 0 Å². The molecule has 0 unspecified atom stereocenters. The molecule has 43 heavy (non-hydrogen) atoms. The van der Waals surface area contributed by atoms with Gasteiger partial charge in [-0.2, -0.15) is 0 Å². The molecular weight excluding hydrogens is 546 g/mol. The van der Waals surface area contributed by atoms with E-state index in [4.69, 9.17) is 9.37 Å². The third kappa shape index (κ3) is 6.31. The Kier molecular flexibility index (Phi) is 8.76. The number of hydrogen-bond acceptors (Lipinski definition) is 8. The molecule has 3 heterocycles. The van der Waals surface area contributed by atoms with Gasteiger partial charge in [0.05, 0.1) is 6.54 Å². The zero-order valence-corrected chi connectivity index (χ0v) is 24.6. The third-order valence-electron chi connectivity index (χ3n) is 9.56. The average molecular weight is 588 g/mol. The van der Waals surface area contributed by atoms with Crippen molar-refractivity contribution in [3.05, 3.63) is 72.3 Å². The lowest BCUT2D eigenvalue weighted by molar-refractivity contribution is -0.135. The second kappa shape index (κ2) is 12.9. The van der Waals surface area contributed by atoms with Crippen LogP contribution in [-0.4, -0.2) is 87.4 Å². The van der Waals surface area contributed by atoms with Gasteiger partial charge >= 0.3 is 6.09 Å². The number of rotatable bonds is 9. The summed E-state index contributed by atoms with van der Waals surface area (Å²) in [6.45, 7) is 7.57. The van der Waals surface area contributed by atoms with Gasteiger partial charge in [-0.15, -0.1) is 6.58 Å². The van der Waals surface area contributed by atoms with Crippen LogP contribution in [-0.2, 0) is 21.7 Å². The van der Waals surface area contributed by atoms with Crippen molar-refractivity contribution < 1.29 is 24.1 Å². The highest BCUT2D eigenvalue weighted by Crippen LogP contribution is 2.40. The van der Waals surface area contributed by atoms with E-state index in [-0.39, 0.29) is 36.5 Å². The van der Waals surface area contributed by atoms with Crippen LogP contribution in [0, 0.1) is 11.8 Å². The zero-order chi connectivity index (χ0) is 29.8. The van der Waals surface area contributed by atoms with Gasteiger partial charge in [-0.1, -0.05) is 55.3 Å². The van der Waals surface area contributed by atoms with Gasteiger partial charge in [-0.25, -0.2) is 9.42 Å². The number of nitrogens with zero attached hydrogens (tertiary/aromatic N) is 5. The van der Waals surface area contributed by atoms with E-state index in [1.807, 2.05) is 41.3 Å². The molecule has 2 saturated heterocycles. The molecule has 0 spiro atoms. The standard InChI is InChI=1S/C33H41N5O5/c1-2-16-38(32(40)42-22-24-12-13-29-30(19-24)35-43-34-29)28-14-17-36(18-15-28)20-27-21-37(31(39)25-8-6-7-9-25)23-33(27,41)26-10-4-3-5-11-26/h2-5,10-13,19,25,27-28,41H,1,6-9,14-18,20-23H2/t27-,33-/m0/s1. The number of β-amino-alcohol motifs (C(OH)–C–C–N with tert-alkyl or cyclic N) is 1. The quantitative estimate of drug-likeness (QED) is 0.368. The Labute approximate surface area is 252 Å². The second-order valence-electron chi connectivity index (χ2n) is 12.3. The van der Waals surface area contributed by atoms with Crippen molar-refractivity contribution >= 4 is 23.0 Å². The molecule has 3 aliphatic rings. The molecular formula is C33H41N5O5. The normalized spacial score (nSPS) is 23.6. The number of amides is 2. The maximum atomic E-state index is 13.4. The highest BCUT2D eigenvalue weighted by molar-refractivity contribution is 5.79. The van der Waals surface area contributed by atoms with Crippen LogP contribution in [0.1, 0.15) is 49.7 Å². The molecule has 6 rings (SSSR count). The highest BCUT2D eigenvalue weighted by atomic mass is 16.6. The molecule has 1 N–H and O–H groups in total. The van der Waals surface area contributed by atoms with E-state index in [2.05, 4.69) is 21.8 Å². The molecule has 10 heteroatoms. The molecule has 1 saturated carbocycles. The average Bonchev–Trinajstić information content (AvgIpc) is 3.81. The van der Waals surface area contributed by atoms with Crippen LogP contribution in [0.15, 0.2) is 65.8 Å². The fraction of sp³-hybridized carbons (Fsp3) is 0.515. The van der Waals surface area contributed by atoms with Crippen molar-refractivity contribution in [2.24, 2.45) is 11.8 Å². The molecule has 0 bridgehead atoms. The first-order valence-corrected chi connectivity index (χ1v) is 15.5. The summed E-state index contributed by atoms with van der Waals surface area (Å²) >= 11 is 0. The molecule has 2 aliphatic heterocycles. The second-order valence-corrected chi connectivity index (χ2v) is 12.3. The molecule has 2 atom stereocenters. The summed E-state index contributed by atoms with van der Waals surface area (Å²) in [6, 6.07) is 15.3. The predicted octanol–water partition coefficient (Wildman–Crippen LogP) is 4.35. The number of aliphatic hydroxyl groups is 1. The Morgan fingerprint density at radius 1 is 1.07 bits per heavy atom. The number of likely N-dealkylation sites (tertiary alicyclic amines) is 2. The van der Waals surface area contributed by atoms with Gasteiger partial charge in [-0.05, 0) is 59.3 Å². The van der Waals surface area contributed by atoms with E-state index in [0.29, 0.717) is 37.2 Å². The summed E-state index contributed by atoms with van der Waals surface area (Å²) in [6.07, 6.45) is 7.07. The fourth-order valence-electron chi connectivity index (χ4n) is 7.15. The number of carbonyl (C=O) groups excluding carboxylic acids is 2. The lowest BCUT2D eigenvalue weighted by Crippen LogP contribution is -2.50. The maximum absolute atomic E-state index is 13.4. The Morgan fingerprint density at radius 2 is 1.81 bits per heavy atom. The van der Waals surface area contributed by atoms with Crippen molar-refractivity contribution in [3.63, 3.8) is 0 Å². The lowest BCUT2D eigenvalue weighted by atomic mass is 9.83. The van der Waals surface area contributed by atoms with Crippen LogP contribution in [0.25, 0.3) is 11.0 Å². The van der Waals surface area contributed by atoms with Crippen molar-refractivity contribution in [2.75, 3.05) is 39.3 Å². The van der Waals surface area contributed by atoms with Crippen LogP contribution in [0.3, 0.4) is 0 Å². The molecule has 10 nitrogen and oxygen atoms in total. The Morgan fingerprint density at radius 3 is 2.56 bits per heavy atom. The number of fused-ring (bicyclic) bond motifs is 1. The van der Waals surface area contributed by atoms with Gasteiger partial charge in [0.2, 0.25) is 5.91 Å². The minimum absolute atomic E-state index is 0.0287. The van der Waals surface area contributed by atoms with Crippen molar-refractivity contribution in [1.29, 1.82) is 0 Å². The first-order valence-electron chi connectivity index (χ1n) is 15.5. The summed E-state index contributed by atoms with van der Waals surface area (Å²) in [4.78, 5) is 32.6. The van der Waals surface area contributed by atoms with E-state index in [9.17, 15) is 14.7 Å². The summed E-state index contributed by atoms with van der Waals surface area (Å²) in [5.41, 5.74) is 1.87. The molecule has 2 amide bonds. The summed E-state index contributed by atoms with van der Waals surface area (Å²) in [7, 11) is 0. The van der Waals surface area contributed by atoms with Crippen LogP contribution in [0.4, 0.5) is 4.79 Å². The fourth-order valence-corrected chi connectivity index (χ4v) is 7.15. The van der Waals surface area contributed by atoms with Gasteiger partial charge in [0.1, 0.15) is 23.2 Å². The number of aromatic nitrogens is 2. The SMILES string of the molecule is C=CCN(C(=O)OCc1ccc2nonc2c1)C1CCN(C[C@H]2CN(C(=O)C3CCCC3)C[C@]2(O)c2ccccc2)CC1. The van der Waals surface area contributed by atoms with Gasteiger partial charge in [0, 0.05) is 50.6 Å². The number of benzene rings is 2. The number of piperidine rings is 1. The molecule has 2 aromatic carbocycles. The summed E-state index contributed by atoms with van der Waals surface area (Å²) in [5, 5.41) is 19.7. The van der Waals surface area contributed by atoms with E-state index < -0.39 is 5.60 Å². The first-order chi connectivity index (χ1) is 20.9. The Balaban J connectivity index is 1.07. The number of carbonyl (C=O) groups is 2. The number of hydrogen-bond donors (Lipinski definition) is 1. The van der Waals surface area contributed by atoms with Crippen LogP contribution in [0.5, 0.6) is 0 Å². The minimum Gasteiger partial charge on any atom is -0.445 e. The van der Waals surface area contributed by atoms with Gasteiger partial charge < -0.3 is 24.5 Å². The maximum Gasteiger partial charge on any atom is 0.410 e. The predicted molar refractivity (Wildman–Crippen MR) is 161 cm³/mol. The van der Waals surface area contributed by atoms with E-state index >= 15 is 0 Å². The van der Waals surface area contributed by atoms with Crippen molar-refractivity contribution in [2.45, 2.75) is 56.8 Å². The van der Waals surface area contributed by atoms with Crippen LogP contribution in [0.2, 0.25) is 0 Å². The smallest absolute Gasteiger partial charge is 0.410 e. The Bertz CT molecular complexity index is 1420. The largest absolute Gasteiger partial charge is 0.445 e. The summed E-state index contributed by atoms with van der Waals surface area (Å²) < 4.78 is 10.4. The first kappa shape index (κ1) is 29.3. The third-order valence-corrected chi connectivity index (χ3v) is 9.56. The highest BCUT2D eigenvalue weighted by Gasteiger charge is 2.49. The molecule has 1 aliphatic carbocycles. The lowest BCUT2D eigenvalue weighted by Gasteiger charge is -2.40. The van der Waals surface area contributed by atoms with Crippen molar-refractivity contribution in [3.8, 4) is 0 Å². The summed E-state index contributed by atoms with van der Waals surface area (Å²) in [5.74, 6) is 0.194. The van der Waals surface area contributed by atoms with E-state index in [1.54, 1.807) is 23.1 Å².